The first kappa shape index (κ1) is 32.1. The molecule has 0 saturated carbocycles. The number of likely N-dealkylation sites (N-methyl/N-ethyl adjacent to an activating group) is 1. The summed E-state index contributed by atoms with van der Waals surface area (Å²) in [5.41, 5.74) is 7.07. The third-order valence-corrected chi connectivity index (χ3v) is 6.21. The minimum atomic E-state index is -0.867. The molecule has 0 fully saturated rings. The van der Waals surface area contributed by atoms with Crippen LogP contribution in [0, 0.1) is 5.92 Å². The predicted octanol–water partition coefficient (Wildman–Crippen LogP) is 2.46. The van der Waals surface area contributed by atoms with E-state index >= 15 is 0 Å². The lowest BCUT2D eigenvalue weighted by Gasteiger charge is -2.26. The molecule has 0 aromatic heterocycles. The SMILES string of the molecule is CN[C@@H](C)C(=O)N[C@H](C(=O)N[C@@H](CCCCNC(=O)OCc1ccccc1)C(=O)NNc1ccccc1)C(C)C. The van der Waals surface area contributed by atoms with E-state index in [1.807, 2.05) is 62.4 Å². The number of carbonyl (C=O) groups is 4. The zero-order chi connectivity index (χ0) is 29.3. The second kappa shape index (κ2) is 17.5. The minimum Gasteiger partial charge on any atom is -0.445 e. The molecule has 0 aliphatic rings. The van der Waals surface area contributed by atoms with Crippen molar-refractivity contribution in [1.29, 1.82) is 0 Å². The van der Waals surface area contributed by atoms with Crippen LogP contribution >= 0.6 is 0 Å². The zero-order valence-corrected chi connectivity index (χ0v) is 23.7. The van der Waals surface area contributed by atoms with Gasteiger partial charge in [0, 0.05) is 6.54 Å². The molecule has 0 heterocycles. The number of unbranched alkanes of at least 4 members (excludes halogenated alkanes) is 1. The van der Waals surface area contributed by atoms with Crippen molar-refractivity contribution in [2.24, 2.45) is 5.92 Å². The van der Waals surface area contributed by atoms with Crippen LogP contribution in [-0.2, 0) is 25.7 Å². The molecule has 40 heavy (non-hydrogen) atoms. The number of ether oxygens (including phenoxy) is 1. The second-order valence-electron chi connectivity index (χ2n) is 9.77. The first-order valence-electron chi connectivity index (χ1n) is 13.5. The number of anilines is 1. The van der Waals surface area contributed by atoms with Crippen molar-refractivity contribution in [3.63, 3.8) is 0 Å². The van der Waals surface area contributed by atoms with Crippen molar-refractivity contribution in [2.75, 3.05) is 19.0 Å². The maximum Gasteiger partial charge on any atom is 0.407 e. The van der Waals surface area contributed by atoms with Crippen molar-refractivity contribution < 1.29 is 23.9 Å². The van der Waals surface area contributed by atoms with Gasteiger partial charge in [0.2, 0.25) is 11.8 Å². The van der Waals surface area contributed by atoms with Crippen LogP contribution < -0.4 is 32.1 Å². The molecule has 218 valence electrons. The molecule has 2 aromatic rings. The summed E-state index contributed by atoms with van der Waals surface area (Å²) in [5, 5.41) is 11.1. The molecule has 2 aromatic carbocycles. The van der Waals surface area contributed by atoms with Gasteiger partial charge in [-0.2, -0.15) is 0 Å². The van der Waals surface area contributed by atoms with Crippen LogP contribution in [0.2, 0.25) is 0 Å². The van der Waals surface area contributed by atoms with Gasteiger partial charge in [0.1, 0.15) is 18.7 Å². The molecule has 0 radical (unpaired) electrons. The summed E-state index contributed by atoms with van der Waals surface area (Å²) < 4.78 is 5.21. The summed E-state index contributed by atoms with van der Waals surface area (Å²) in [5.74, 6) is -1.39. The van der Waals surface area contributed by atoms with Crippen LogP contribution in [0.1, 0.15) is 45.6 Å². The quantitative estimate of drug-likeness (QED) is 0.138. The summed E-state index contributed by atoms with van der Waals surface area (Å²) in [4.78, 5) is 50.6. The monoisotopic (exact) mass is 554 g/mol. The molecule has 3 atom stereocenters. The highest BCUT2D eigenvalue weighted by molar-refractivity contribution is 5.93. The first-order valence-corrected chi connectivity index (χ1v) is 13.5. The minimum absolute atomic E-state index is 0.177. The summed E-state index contributed by atoms with van der Waals surface area (Å²) >= 11 is 0. The predicted molar refractivity (Wildman–Crippen MR) is 154 cm³/mol. The smallest absolute Gasteiger partial charge is 0.407 e. The van der Waals surface area contributed by atoms with E-state index in [2.05, 4.69) is 32.1 Å². The van der Waals surface area contributed by atoms with Crippen molar-refractivity contribution in [3.8, 4) is 0 Å². The lowest BCUT2D eigenvalue weighted by molar-refractivity contribution is -0.133. The number of rotatable bonds is 16. The van der Waals surface area contributed by atoms with Crippen LogP contribution in [-0.4, -0.2) is 55.5 Å². The molecule has 11 heteroatoms. The van der Waals surface area contributed by atoms with Gasteiger partial charge in [-0.1, -0.05) is 62.4 Å². The van der Waals surface area contributed by atoms with E-state index in [1.165, 1.54) is 0 Å². The Labute approximate surface area is 236 Å². The number of benzene rings is 2. The Morgan fingerprint density at radius 3 is 2.08 bits per heavy atom. The third kappa shape index (κ3) is 11.7. The zero-order valence-electron chi connectivity index (χ0n) is 23.7. The molecule has 0 bridgehead atoms. The Hall–Kier alpha value is -4.12. The van der Waals surface area contributed by atoms with Gasteiger partial charge in [-0.3, -0.25) is 25.2 Å². The fourth-order valence-corrected chi connectivity index (χ4v) is 3.66. The maximum absolute atomic E-state index is 13.2. The number of hydrogen-bond donors (Lipinski definition) is 6. The van der Waals surface area contributed by atoms with Gasteiger partial charge >= 0.3 is 6.09 Å². The van der Waals surface area contributed by atoms with Crippen molar-refractivity contribution >= 4 is 29.5 Å². The number of hydrogen-bond acceptors (Lipinski definition) is 7. The standard InChI is InChI=1S/C29H42N6O5/c1-20(2)25(33-26(36)21(3)30-4)28(38)32-24(27(37)35-34-23-15-9-6-10-16-23)17-11-12-18-31-29(39)40-19-22-13-7-5-8-14-22/h5-10,13-16,20-21,24-25,30,34H,11-12,17-19H2,1-4H3,(H,31,39)(H,32,38)(H,33,36)(H,35,37)/t21-,24-,25-/m0/s1. The molecule has 0 aliphatic carbocycles. The highest BCUT2D eigenvalue weighted by atomic mass is 16.5. The van der Waals surface area contributed by atoms with Gasteiger partial charge in [-0.15, -0.1) is 0 Å². The summed E-state index contributed by atoms with van der Waals surface area (Å²) in [6, 6.07) is 16.3. The van der Waals surface area contributed by atoms with Crippen LogP contribution in [0.3, 0.4) is 0 Å². The van der Waals surface area contributed by atoms with E-state index in [0.29, 0.717) is 31.5 Å². The highest BCUT2D eigenvalue weighted by Gasteiger charge is 2.29. The van der Waals surface area contributed by atoms with E-state index in [-0.39, 0.29) is 18.4 Å². The molecule has 0 aliphatic heterocycles. The Balaban J connectivity index is 1.91. The van der Waals surface area contributed by atoms with Crippen molar-refractivity contribution in [2.45, 2.75) is 64.8 Å². The largest absolute Gasteiger partial charge is 0.445 e. The number of nitrogens with one attached hydrogen (secondary N) is 6. The van der Waals surface area contributed by atoms with E-state index in [9.17, 15) is 19.2 Å². The Morgan fingerprint density at radius 1 is 0.800 bits per heavy atom. The molecule has 6 N–H and O–H groups in total. The molecule has 0 saturated heterocycles. The average Bonchev–Trinajstić information content (AvgIpc) is 2.96. The number of carbonyl (C=O) groups excluding carboxylic acids is 4. The van der Waals surface area contributed by atoms with E-state index in [0.717, 1.165) is 5.56 Å². The van der Waals surface area contributed by atoms with Crippen LogP contribution in [0.15, 0.2) is 60.7 Å². The molecular weight excluding hydrogens is 512 g/mol. The van der Waals surface area contributed by atoms with Gasteiger partial charge in [-0.25, -0.2) is 4.79 Å². The molecule has 0 unspecified atom stereocenters. The Bertz CT molecular complexity index is 1070. The summed E-state index contributed by atoms with van der Waals surface area (Å²) in [7, 11) is 1.66. The number of hydrazine groups is 1. The van der Waals surface area contributed by atoms with Crippen LogP contribution in [0.5, 0.6) is 0 Å². The van der Waals surface area contributed by atoms with Gasteiger partial charge in [0.05, 0.1) is 11.7 Å². The van der Waals surface area contributed by atoms with Gasteiger partial charge in [0.25, 0.3) is 5.91 Å². The van der Waals surface area contributed by atoms with E-state index in [4.69, 9.17) is 4.74 Å². The van der Waals surface area contributed by atoms with Crippen LogP contribution in [0.4, 0.5) is 10.5 Å². The lowest BCUT2D eigenvalue weighted by Crippen LogP contribution is -2.57. The van der Waals surface area contributed by atoms with Gasteiger partial charge < -0.3 is 26.0 Å². The summed E-state index contributed by atoms with van der Waals surface area (Å²) in [6.45, 7) is 5.87. The second-order valence-corrected chi connectivity index (χ2v) is 9.77. The third-order valence-electron chi connectivity index (χ3n) is 6.21. The van der Waals surface area contributed by atoms with Gasteiger partial charge in [0.15, 0.2) is 0 Å². The topological polar surface area (TPSA) is 150 Å². The van der Waals surface area contributed by atoms with Crippen molar-refractivity contribution in [1.82, 2.24) is 26.7 Å². The normalized spacial score (nSPS) is 12.9. The van der Waals surface area contributed by atoms with Crippen molar-refractivity contribution in [3.05, 3.63) is 66.2 Å². The van der Waals surface area contributed by atoms with E-state index in [1.54, 1.807) is 26.1 Å². The molecule has 0 spiro atoms. The molecule has 2 rings (SSSR count). The molecular formula is C29H42N6O5. The number of amides is 4. The Kier molecular flexibility index (Phi) is 14.0. The number of para-hydroxylation sites is 1. The molecule has 4 amide bonds. The number of alkyl carbamates (subject to hydrolysis) is 1. The Morgan fingerprint density at radius 2 is 1.45 bits per heavy atom. The fourth-order valence-electron chi connectivity index (χ4n) is 3.66. The fraction of sp³-hybridized carbons (Fsp3) is 0.448. The highest BCUT2D eigenvalue weighted by Crippen LogP contribution is 2.08. The maximum atomic E-state index is 13.2. The van der Waals surface area contributed by atoms with Crippen LogP contribution in [0.25, 0.3) is 0 Å². The lowest BCUT2D eigenvalue weighted by atomic mass is 10.0. The van der Waals surface area contributed by atoms with E-state index < -0.39 is 36.0 Å². The first-order chi connectivity index (χ1) is 19.2. The van der Waals surface area contributed by atoms with Gasteiger partial charge in [-0.05, 0) is 56.8 Å². The molecule has 11 nitrogen and oxygen atoms in total. The summed E-state index contributed by atoms with van der Waals surface area (Å²) in [6.07, 6.45) is 0.902. The average molecular weight is 555 g/mol.